The molecule has 18 heavy (non-hydrogen) atoms. The first-order chi connectivity index (χ1) is 8.02. The Bertz CT molecular complexity index is 369. The molecule has 0 bridgehead atoms. The van der Waals surface area contributed by atoms with Crippen molar-refractivity contribution in [2.75, 3.05) is 20.8 Å². The smallest absolute Gasteiger partial charge is 0.161 e. The molecule has 0 fully saturated rings. The Morgan fingerprint density at radius 3 is 2.28 bits per heavy atom. The van der Waals surface area contributed by atoms with E-state index in [1.54, 1.807) is 14.2 Å². The number of hydrogen-bond donors (Lipinski definition) is 2. The van der Waals surface area contributed by atoms with Crippen molar-refractivity contribution in [1.29, 1.82) is 0 Å². The molecule has 4 nitrogen and oxygen atoms in total. The third-order valence-electron chi connectivity index (χ3n) is 2.61. The highest BCUT2D eigenvalue weighted by molar-refractivity contribution is 5.85. The lowest BCUT2D eigenvalue weighted by atomic mass is 10.1. The Morgan fingerprint density at radius 1 is 1.17 bits per heavy atom. The predicted octanol–water partition coefficient (Wildman–Crippen LogP) is 1.99. The van der Waals surface area contributed by atoms with Crippen LogP contribution in [0.15, 0.2) is 18.2 Å². The van der Waals surface area contributed by atoms with Crippen molar-refractivity contribution < 1.29 is 14.6 Å². The average Bonchev–Trinajstić information content (AvgIpc) is 2.36. The van der Waals surface area contributed by atoms with E-state index in [9.17, 15) is 0 Å². The number of aliphatic hydroxyl groups excluding tert-OH is 1. The van der Waals surface area contributed by atoms with Crippen LogP contribution in [0.4, 0.5) is 0 Å². The number of rotatable bonds is 6. The molecule has 0 radical (unpaired) electrons. The third-order valence-corrected chi connectivity index (χ3v) is 2.61. The summed E-state index contributed by atoms with van der Waals surface area (Å²) in [6, 6.07) is 5.78. The van der Waals surface area contributed by atoms with Gasteiger partial charge in [-0.1, -0.05) is 6.07 Å². The van der Waals surface area contributed by atoms with E-state index in [-0.39, 0.29) is 24.6 Å². The fourth-order valence-electron chi connectivity index (χ4n) is 1.39. The minimum Gasteiger partial charge on any atom is -0.493 e. The molecule has 1 aromatic rings. The first-order valence-electron chi connectivity index (χ1n) is 5.59. The van der Waals surface area contributed by atoms with Gasteiger partial charge in [-0.3, -0.25) is 0 Å². The summed E-state index contributed by atoms with van der Waals surface area (Å²) in [5, 5.41) is 12.4. The quantitative estimate of drug-likeness (QED) is 0.834. The van der Waals surface area contributed by atoms with E-state index in [1.807, 2.05) is 32.0 Å². The van der Waals surface area contributed by atoms with Gasteiger partial charge in [0.2, 0.25) is 0 Å². The van der Waals surface area contributed by atoms with Gasteiger partial charge in [-0.15, -0.1) is 12.4 Å². The van der Waals surface area contributed by atoms with Crippen molar-refractivity contribution in [1.82, 2.24) is 5.32 Å². The summed E-state index contributed by atoms with van der Waals surface area (Å²) in [5.74, 6) is 1.44. The van der Waals surface area contributed by atoms with Crippen LogP contribution in [-0.2, 0) is 6.54 Å². The topological polar surface area (TPSA) is 50.7 Å². The van der Waals surface area contributed by atoms with Crippen LogP contribution in [0.3, 0.4) is 0 Å². The van der Waals surface area contributed by atoms with Gasteiger partial charge in [0, 0.05) is 12.1 Å². The summed E-state index contributed by atoms with van der Waals surface area (Å²) >= 11 is 0. The standard InChI is InChI=1S/C13H21NO3.ClH/c1-13(2,9-15)14-8-10-5-6-11(16-3)12(7-10)17-4;/h5-7,14-15H,8-9H2,1-4H3;1H. The largest absolute Gasteiger partial charge is 0.493 e. The summed E-state index contributed by atoms with van der Waals surface area (Å²) in [4.78, 5) is 0. The van der Waals surface area contributed by atoms with Crippen LogP contribution >= 0.6 is 12.4 Å². The summed E-state index contributed by atoms with van der Waals surface area (Å²) in [6.45, 7) is 4.68. The van der Waals surface area contributed by atoms with Crippen molar-refractivity contribution in [2.24, 2.45) is 0 Å². The second kappa shape index (κ2) is 7.46. The number of halogens is 1. The molecule has 0 saturated carbocycles. The monoisotopic (exact) mass is 275 g/mol. The molecule has 0 atom stereocenters. The highest BCUT2D eigenvalue weighted by Gasteiger charge is 2.15. The molecule has 0 heterocycles. The van der Waals surface area contributed by atoms with Crippen LogP contribution in [-0.4, -0.2) is 31.5 Å². The molecule has 1 aromatic carbocycles. The van der Waals surface area contributed by atoms with E-state index in [1.165, 1.54) is 0 Å². The molecule has 0 saturated heterocycles. The molecule has 1 rings (SSSR count). The normalized spacial score (nSPS) is 10.7. The van der Waals surface area contributed by atoms with Crippen LogP contribution in [0.25, 0.3) is 0 Å². The molecule has 2 N–H and O–H groups in total. The number of ether oxygens (including phenoxy) is 2. The van der Waals surface area contributed by atoms with Crippen molar-refractivity contribution >= 4 is 12.4 Å². The van der Waals surface area contributed by atoms with Gasteiger partial charge >= 0.3 is 0 Å². The van der Waals surface area contributed by atoms with Crippen LogP contribution in [0.5, 0.6) is 11.5 Å². The van der Waals surface area contributed by atoms with E-state index < -0.39 is 0 Å². The lowest BCUT2D eigenvalue weighted by Gasteiger charge is -2.23. The fraction of sp³-hybridized carbons (Fsp3) is 0.538. The lowest BCUT2D eigenvalue weighted by molar-refractivity contribution is 0.187. The van der Waals surface area contributed by atoms with Crippen LogP contribution in [0.2, 0.25) is 0 Å². The van der Waals surface area contributed by atoms with Gasteiger partial charge in [0.05, 0.1) is 20.8 Å². The van der Waals surface area contributed by atoms with Gasteiger partial charge in [-0.25, -0.2) is 0 Å². The minimum absolute atomic E-state index is 0. The van der Waals surface area contributed by atoms with E-state index in [0.29, 0.717) is 12.3 Å². The van der Waals surface area contributed by atoms with Crippen molar-refractivity contribution in [3.63, 3.8) is 0 Å². The SMILES string of the molecule is COc1ccc(CNC(C)(C)CO)cc1OC.Cl. The van der Waals surface area contributed by atoms with Gasteiger partial charge < -0.3 is 19.9 Å². The molecule has 0 spiro atoms. The third kappa shape index (κ3) is 4.72. The number of nitrogens with one attached hydrogen (secondary N) is 1. The van der Waals surface area contributed by atoms with Crippen molar-refractivity contribution in [2.45, 2.75) is 25.9 Å². The maximum absolute atomic E-state index is 9.15. The van der Waals surface area contributed by atoms with E-state index in [2.05, 4.69) is 5.32 Å². The van der Waals surface area contributed by atoms with Crippen LogP contribution in [0, 0.1) is 0 Å². The Morgan fingerprint density at radius 2 is 1.78 bits per heavy atom. The summed E-state index contributed by atoms with van der Waals surface area (Å²) < 4.78 is 10.4. The zero-order valence-corrected chi connectivity index (χ0v) is 12.1. The van der Waals surface area contributed by atoms with Crippen molar-refractivity contribution in [3.8, 4) is 11.5 Å². The Balaban J connectivity index is 0.00000289. The summed E-state index contributed by atoms with van der Waals surface area (Å²) in [5.41, 5.74) is 0.803. The van der Waals surface area contributed by atoms with Gasteiger partial charge in [0.15, 0.2) is 11.5 Å². The van der Waals surface area contributed by atoms with Crippen LogP contribution < -0.4 is 14.8 Å². The molecule has 0 aliphatic heterocycles. The molecule has 104 valence electrons. The Hall–Kier alpha value is -0.970. The Labute approximate surface area is 115 Å². The first kappa shape index (κ1) is 17.0. The van der Waals surface area contributed by atoms with Gasteiger partial charge in [0.25, 0.3) is 0 Å². The van der Waals surface area contributed by atoms with Gasteiger partial charge in [-0.05, 0) is 31.5 Å². The maximum Gasteiger partial charge on any atom is 0.161 e. The summed E-state index contributed by atoms with van der Waals surface area (Å²) in [7, 11) is 3.23. The molecule has 0 amide bonds. The number of methoxy groups -OCH3 is 2. The molecule has 5 heteroatoms. The zero-order chi connectivity index (χ0) is 12.9. The van der Waals surface area contributed by atoms with Crippen LogP contribution in [0.1, 0.15) is 19.4 Å². The Kier molecular flexibility index (Phi) is 7.06. The highest BCUT2D eigenvalue weighted by Crippen LogP contribution is 2.27. The van der Waals surface area contributed by atoms with E-state index >= 15 is 0 Å². The second-order valence-electron chi connectivity index (χ2n) is 4.58. The average molecular weight is 276 g/mol. The van der Waals surface area contributed by atoms with Gasteiger partial charge in [-0.2, -0.15) is 0 Å². The number of aliphatic hydroxyl groups is 1. The first-order valence-corrected chi connectivity index (χ1v) is 5.59. The van der Waals surface area contributed by atoms with E-state index in [4.69, 9.17) is 14.6 Å². The number of hydrogen-bond acceptors (Lipinski definition) is 4. The second-order valence-corrected chi connectivity index (χ2v) is 4.58. The van der Waals surface area contributed by atoms with Gasteiger partial charge in [0.1, 0.15) is 0 Å². The highest BCUT2D eigenvalue weighted by atomic mass is 35.5. The summed E-state index contributed by atoms with van der Waals surface area (Å²) in [6.07, 6.45) is 0. The molecule has 0 aliphatic carbocycles. The van der Waals surface area contributed by atoms with Crippen molar-refractivity contribution in [3.05, 3.63) is 23.8 Å². The predicted molar refractivity (Wildman–Crippen MR) is 74.8 cm³/mol. The number of benzene rings is 1. The van der Waals surface area contributed by atoms with E-state index in [0.717, 1.165) is 11.3 Å². The molecular formula is C13H22ClNO3. The molecule has 0 aromatic heterocycles. The zero-order valence-electron chi connectivity index (χ0n) is 11.3. The maximum atomic E-state index is 9.15. The molecular weight excluding hydrogens is 254 g/mol. The minimum atomic E-state index is -0.285. The fourth-order valence-corrected chi connectivity index (χ4v) is 1.39. The lowest BCUT2D eigenvalue weighted by Crippen LogP contribution is -2.42. The molecule has 0 aliphatic rings. The molecule has 0 unspecified atom stereocenters.